The molecule has 0 spiro atoms. The first-order valence-corrected chi connectivity index (χ1v) is 7.64. The molecule has 106 valence electrons. The predicted molar refractivity (Wildman–Crippen MR) is 80.7 cm³/mol. The Morgan fingerprint density at radius 2 is 2.20 bits per heavy atom. The number of nitrogens with two attached hydrogens (primary N) is 1. The van der Waals surface area contributed by atoms with Gasteiger partial charge in [0.15, 0.2) is 5.65 Å². The predicted octanol–water partition coefficient (Wildman–Crippen LogP) is 2.00. The number of thiazole rings is 1. The lowest BCUT2D eigenvalue weighted by Crippen LogP contribution is -2.08. The molecular weight excluding hydrogens is 272 g/mol. The Kier molecular flexibility index (Phi) is 3.43. The van der Waals surface area contributed by atoms with Crippen molar-refractivity contribution in [2.45, 2.75) is 32.7 Å². The highest BCUT2D eigenvalue weighted by atomic mass is 32.1. The van der Waals surface area contributed by atoms with Crippen molar-refractivity contribution >= 4 is 28.4 Å². The van der Waals surface area contributed by atoms with Crippen LogP contribution in [0.3, 0.4) is 0 Å². The zero-order valence-electron chi connectivity index (χ0n) is 11.7. The largest absolute Gasteiger partial charge is 0.369 e. The third-order valence-electron chi connectivity index (χ3n) is 3.34. The first-order chi connectivity index (χ1) is 9.70. The van der Waals surface area contributed by atoms with Crippen LogP contribution < -0.4 is 5.73 Å². The lowest BCUT2D eigenvalue weighted by molar-refractivity contribution is 0.672. The quantitative estimate of drug-likeness (QED) is 0.780. The molecule has 0 amide bonds. The van der Waals surface area contributed by atoms with E-state index in [-0.39, 0.29) is 0 Å². The van der Waals surface area contributed by atoms with Crippen LogP contribution in [0.15, 0.2) is 11.6 Å². The van der Waals surface area contributed by atoms with Gasteiger partial charge in [-0.05, 0) is 6.42 Å². The highest BCUT2D eigenvalue weighted by Crippen LogP contribution is 2.22. The van der Waals surface area contributed by atoms with Crippen LogP contribution in [0.25, 0.3) is 11.2 Å². The third kappa shape index (κ3) is 2.18. The van der Waals surface area contributed by atoms with Crippen molar-refractivity contribution in [3.05, 3.63) is 22.3 Å². The van der Waals surface area contributed by atoms with Crippen molar-refractivity contribution in [3.8, 4) is 0 Å². The van der Waals surface area contributed by atoms with E-state index < -0.39 is 0 Å². The van der Waals surface area contributed by atoms with Crippen molar-refractivity contribution in [3.63, 3.8) is 0 Å². The van der Waals surface area contributed by atoms with Gasteiger partial charge < -0.3 is 5.73 Å². The first-order valence-electron chi connectivity index (χ1n) is 6.76. The second-order valence-corrected chi connectivity index (χ2v) is 5.77. The number of aryl methyl sites for hydroxylation is 4. The van der Waals surface area contributed by atoms with Crippen molar-refractivity contribution in [1.82, 2.24) is 24.3 Å². The Morgan fingerprint density at radius 3 is 2.90 bits per heavy atom. The number of hydrogen-bond donors (Lipinski definition) is 1. The number of imidazole rings is 1. The summed E-state index contributed by atoms with van der Waals surface area (Å²) in [5, 5.41) is 7.66. The smallest absolute Gasteiger partial charge is 0.202 e. The summed E-state index contributed by atoms with van der Waals surface area (Å²) in [6, 6.07) is 0. The minimum atomic E-state index is 0.557. The van der Waals surface area contributed by atoms with Crippen LogP contribution >= 0.6 is 11.3 Å². The Labute approximate surface area is 121 Å². The molecule has 6 nitrogen and oxygen atoms in total. The fraction of sp³-hybridized carbons (Fsp3) is 0.462. The van der Waals surface area contributed by atoms with Crippen LogP contribution in [0.4, 0.5) is 5.95 Å². The average molecular weight is 290 g/mol. The van der Waals surface area contributed by atoms with Crippen molar-refractivity contribution in [2.75, 3.05) is 5.73 Å². The van der Waals surface area contributed by atoms with Gasteiger partial charge in [0.1, 0.15) is 5.52 Å². The second-order valence-electron chi connectivity index (χ2n) is 4.79. The van der Waals surface area contributed by atoms with E-state index in [0.29, 0.717) is 5.95 Å². The second kappa shape index (κ2) is 5.24. The maximum atomic E-state index is 6.06. The molecule has 3 rings (SSSR count). The topological polar surface area (TPSA) is 74.6 Å². The highest BCUT2D eigenvalue weighted by Gasteiger charge is 2.17. The number of fused-ring (bicyclic) bond motifs is 1. The molecule has 0 aromatic carbocycles. The van der Waals surface area contributed by atoms with E-state index in [4.69, 9.17) is 5.73 Å². The van der Waals surface area contributed by atoms with Crippen molar-refractivity contribution in [1.29, 1.82) is 0 Å². The normalized spacial score (nSPS) is 11.5. The molecule has 3 aromatic heterocycles. The molecule has 7 heteroatoms. The zero-order chi connectivity index (χ0) is 14.1. The van der Waals surface area contributed by atoms with Gasteiger partial charge in [-0.25, -0.2) is 9.97 Å². The Morgan fingerprint density at radius 1 is 1.35 bits per heavy atom. The van der Waals surface area contributed by atoms with Crippen molar-refractivity contribution < 1.29 is 0 Å². The Balaban J connectivity index is 1.95. The van der Waals surface area contributed by atoms with Crippen LogP contribution in [-0.4, -0.2) is 24.3 Å². The van der Waals surface area contributed by atoms with Gasteiger partial charge >= 0.3 is 0 Å². The van der Waals surface area contributed by atoms with E-state index in [0.717, 1.165) is 47.7 Å². The molecule has 0 fully saturated rings. The summed E-state index contributed by atoms with van der Waals surface area (Å²) >= 11 is 1.67. The third-order valence-corrected chi connectivity index (χ3v) is 4.18. The van der Waals surface area contributed by atoms with E-state index in [9.17, 15) is 0 Å². The molecule has 0 unspecified atom stereocenters. The fourth-order valence-electron chi connectivity index (χ4n) is 2.47. The molecule has 0 saturated heterocycles. The summed E-state index contributed by atoms with van der Waals surface area (Å²) in [5.74, 6) is 0.557. The maximum absolute atomic E-state index is 6.06. The maximum Gasteiger partial charge on any atom is 0.202 e. The molecule has 0 aliphatic rings. The van der Waals surface area contributed by atoms with Gasteiger partial charge in [-0.2, -0.15) is 5.10 Å². The summed E-state index contributed by atoms with van der Waals surface area (Å²) in [4.78, 5) is 8.80. The molecular formula is C13H18N6S. The SMILES string of the molecule is CCCc1nn(C)c2c1nc(N)n2CCc1nccs1. The summed E-state index contributed by atoms with van der Waals surface area (Å²) in [5.41, 5.74) is 9.04. The summed E-state index contributed by atoms with van der Waals surface area (Å²) in [7, 11) is 1.95. The molecule has 0 aliphatic heterocycles. The minimum absolute atomic E-state index is 0.557. The highest BCUT2D eigenvalue weighted by molar-refractivity contribution is 7.09. The van der Waals surface area contributed by atoms with Crippen LogP contribution in [-0.2, 0) is 26.4 Å². The molecule has 3 aromatic rings. The lowest BCUT2D eigenvalue weighted by atomic mass is 10.2. The molecule has 0 saturated carbocycles. The summed E-state index contributed by atoms with van der Waals surface area (Å²) < 4.78 is 3.91. The Bertz CT molecular complexity index is 709. The van der Waals surface area contributed by atoms with E-state index >= 15 is 0 Å². The molecule has 20 heavy (non-hydrogen) atoms. The van der Waals surface area contributed by atoms with Gasteiger partial charge in [-0.15, -0.1) is 11.3 Å². The van der Waals surface area contributed by atoms with Crippen LogP contribution in [0, 0.1) is 0 Å². The summed E-state index contributed by atoms with van der Waals surface area (Å²) in [6.07, 6.45) is 4.68. The van der Waals surface area contributed by atoms with Gasteiger partial charge in [0.2, 0.25) is 5.95 Å². The van der Waals surface area contributed by atoms with Gasteiger partial charge in [-0.1, -0.05) is 13.3 Å². The van der Waals surface area contributed by atoms with E-state index in [1.807, 2.05) is 27.9 Å². The number of nitrogens with zero attached hydrogens (tertiary/aromatic N) is 5. The van der Waals surface area contributed by atoms with Crippen LogP contribution in [0.5, 0.6) is 0 Å². The Hall–Kier alpha value is -1.89. The van der Waals surface area contributed by atoms with E-state index in [1.165, 1.54) is 0 Å². The van der Waals surface area contributed by atoms with Gasteiger partial charge in [0.05, 0.1) is 10.7 Å². The number of anilines is 1. The first kappa shape index (κ1) is 13.1. The molecule has 2 N–H and O–H groups in total. The molecule has 0 atom stereocenters. The zero-order valence-corrected chi connectivity index (χ0v) is 12.5. The van der Waals surface area contributed by atoms with E-state index in [2.05, 4.69) is 22.0 Å². The molecule has 3 heterocycles. The molecule has 0 radical (unpaired) electrons. The minimum Gasteiger partial charge on any atom is -0.369 e. The van der Waals surface area contributed by atoms with Crippen LogP contribution in [0.1, 0.15) is 24.0 Å². The van der Waals surface area contributed by atoms with Gasteiger partial charge in [0.25, 0.3) is 0 Å². The fourth-order valence-corrected chi connectivity index (χ4v) is 3.08. The number of rotatable bonds is 5. The number of nitrogen functional groups attached to an aromatic ring is 1. The van der Waals surface area contributed by atoms with E-state index in [1.54, 1.807) is 11.3 Å². The number of aromatic nitrogens is 5. The average Bonchev–Trinajstić information content (AvgIpc) is 3.08. The van der Waals surface area contributed by atoms with Crippen molar-refractivity contribution in [2.24, 2.45) is 7.05 Å². The molecule has 0 aliphatic carbocycles. The van der Waals surface area contributed by atoms with Gasteiger partial charge in [0, 0.05) is 31.6 Å². The lowest BCUT2D eigenvalue weighted by Gasteiger charge is -2.05. The monoisotopic (exact) mass is 290 g/mol. The van der Waals surface area contributed by atoms with Gasteiger partial charge in [-0.3, -0.25) is 9.25 Å². The summed E-state index contributed by atoms with van der Waals surface area (Å²) in [6.45, 7) is 2.92. The number of hydrogen-bond acceptors (Lipinski definition) is 5. The molecule has 0 bridgehead atoms. The van der Waals surface area contributed by atoms with Crippen LogP contribution in [0.2, 0.25) is 0 Å². The standard InChI is InChI=1S/C13H18N6S/c1-3-4-9-11-12(18(2)17-9)19(13(14)16-11)7-5-10-15-6-8-20-10/h6,8H,3-5,7H2,1-2H3,(H2,14,16).